The van der Waals surface area contributed by atoms with Crippen molar-refractivity contribution in [3.8, 4) is 0 Å². The number of benzene rings is 3. The second-order valence-electron chi connectivity index (χ2n) is 5.28. The Balaban J connectivity index is 2.09. The van der Waals surface area contributed by atoms with E-state index in [1.54, 1.807) is 0 Å². The monoisotopic (exact) mass is 278 g/mol. The van der Waals surface area contributed by atoms with Crippen molar-refractivity contribution in [2.45, 2.75) is 0 Å². The highest BCUT2D eigenvalue weighted by atomic mass is 14.1. The zero-order valence-electron chi connectivity index (χ0n) is 12.1. The number of allylic oxidation sites excluding steroid dienone is 2. The van der Waals surface area contributed by atoms with Crippen molar-refractivity contribution in [3.63, 3.8) is 0 Å². The number of hydrogen-bond acceptors (Lipinski definition) is 0. The first-order chi connectivity index (χ1) is 10.9. The van der Waals surface area contributed by atoms with Gasteiger partial charge in [-0.2, -0.15) is 0 Å². The molecule has 1 aliphatic rings. The summed E-state index contributed by atoms with van der Waals surface area (Å²) < 4.78 is 0. The topological polar surface area (TPSA) is 0 Å². The third-order valence-electron chi connectivity index (χ3n) is 3.82. The maximum absolute atomic E-state index is 3.58. The van der Waals surface area contributed by atoms with Crippen LogP contribution in [-0.4, -0.2) is 0 Å². The summed E-state index contributed by atoms with van der Waals surface area (Å²) in [6.07, 6.45) is 0. The molecule has 0 bridgehead atoms. The minimum Gasteiger partial charge on any atom is -0.102 e. The first-order valence-electron chi connectivity index (χ1n) is 7.40. The van der Waals surface area contributed by atoms with Crippen LogP contribution in [0.2, 0.25) is 0 Å². The SMILES string of the molecule is C1=C(c2ccccc2)C(c2ccccc2)=C=c2ccccc2=1. The maximum atomic E-state index is 3.58. The van der Waals surface area contributed by atoms with Crippen LogP contribution in [0.4, 0.5) is 0 Å². The molecule has 0 fully saturated rings. The van der Waals surface area contributed by atoms with Crippen molar-refractivity contribution in [3.05, 3.63) is 106 Å². The zero-order chi connectivity index (χ0) is 14.8. The molecule has 0 saturated heterocycles. The second-order valence-corrected chi connectivity index (χ2v) is 5.28. The lowest BCUT2D eigenvalue weighted by molar-refractivity contribution is 1.52. The summed E-state index contributed by atoms with van der Waals surface area (Å²) >= 11 is 0. The molecule has 1 aliphatic carbocycles. The van der Waals surface area contributed by atoms with Gasteiger partial charge in [-0.25, -0.2) is 0 Å². The lowest BCUT2D eigenvalue weighted by Crippen LogP contribution is -2.23. The number of hydrogen-bond donors (Lipinski definition) is 0. The van der Waals surface area contributed by atoms with E-state index in [-0.39, 0.29) is 0 Å². The molecule has 3 aromatic rings. The van der Waals surface area contributed by atoms with Gasteiger partial charge in [0.1, 0.15) is 0 Å². The van der Waals surface area contributed by atoms with E-state index in [1.807, 2.05) is 24.3 Å². The van der Waals surface area contributed by atoms with Crippen LogP contribution >= 0.6 is 0 Å². The van der Waals surface area contributed by atoms with Gasteiger partial charge < -0.3 is 0 Å². The van der Waals surface area contributed by atoms with E-state index in [1.165, 1.54) is 11.1 Å². The predicted molar refractivity (Wildman–Crippen MR) is 92.2 cm³/mol. The van der Waals surface area contributed by atoms with Gasteiger partial charge in [0.2, 0.25) is 0 Å². The molecule has 0 saturated carbocycles. The molecule has 0 atom stereocenters. The van der Waals surface area contributed by atoms with Gasteiger partial charge >= 0.3 is 0 Å². The summed E-state index contributed by atoms with van der Waals surface area (Å²) in [7, 11) is 0. The highest BCUT2D eigenvalue weighted by Crippen LogP contribution is 2.30. The fourth-order valence-electron chi connectivity index (χ4n) is 2.74. The van der Waals surface area contributed by atoms with Crippen LogP contribution in [0.15, 0.2) is 84.9 Å². The summed E-state index contributed by atoms with van der Waals surface area (Å²) in [5.41, 5.74) is 11.7. The predicted octanol–water partition coefficient (Wildman–Crippen LogP) is 3.63. The minimum atomic E-state index is 1.10. The van der Waals surface area contributed by atoms with Crippen LogP contribution in [-0.2, 0) is 0 Å². The molecule has 0 amide bonds. The molecular formula is C22H14. The zero-order valence-corrected chi connectivity index (χ0v) is 12.1. The summed E-state index contributed by atoms with van der Waals surface area (Å²) in [5.74, 6) is 0. The van der Waals surface area contributed by atoms with E-state index >= 15 is 0 Å². The molecular weight excluding hydrogens is 264 g/mol. The maximum Gasteiger partial charge on any atom is 0.0400 e. The molecule has 3 aromatic carbocycles. The molecule has 0 unspecified atom stereocenters. The first kappa shape index (κ1) is 12.7. The lowest BCUT2D eigenvalue weighted by atomic mass is 9.91. The summed E-state index contributed by atoms with van der Waals surface area (Å²) in [4.78, 5) is 0. The van der Waals surface area contributed by atoms with Gasteiger partial charge in [-0.15, -0.1) is 11.5 Å². The van der Waals surface area contributed by atoms with E-state index in [0.717, 1.165) is 21.6 Å². The Morgan fingerprint density at radius 1 is 0.409 bits per heavy atom. The van der Waals surface area contributed by atoms with Crippen LogP contribution in [0.3, 0.4) is 0 Å². The van der Waals surface area contributed by atoms with E-state index < -0.39 is 0 Å². The molecule has 0 heterocycles. The fourth-order valence-corrected chi connectivity index (χ4v) is 2.74. The molecule has 0 nitrogen and oxygen atoms in total. The van der Waals surface area contributed by atoms with Crippen molar-refractivity contribution in [1.82, 2.24) is 0 Å². The van der Waals surface area contributed by atoms with E-state index in [2.05, 4.69) is 72.1 Å². The number of fused-ring (bicyclic) bond motifs is 1. The van der Waals surface area contributed by atoms with Gasteiger partial charge in [0.15, 0.2) is 0 Å². The summed E-state index contributed by atoms with van der Waals surface area (Å²) in [6, 6.07) is 29.1. The molecule has 0 radical (unpaired) electrons. The van der Waals surface area contributed by atoms with Gasteiger partial charge in [-0.1, -0.05) is 72.8 Å². The Morgan fingerprint density at radius 2 is 0.773 bits per heavy atom. The van der Waals surface area contributed by atoms with Crippen molar-refractivity contribution >= 4 is 22.6 Å². The average Bonchev–Trinajstić information content (AvgIpc) is 2.62. The largest absolute Gasteiger partial charge is 0.102 e. The number of rotatable bonds is 2. The fraction of sp³-hybridized carbons (Fsp3) is 0. The molecule has 102 valence electrons. The van der Waals surface area contributed by atoms with Gasteiger partial charge in [0.05, 0.1) is 0 Å². The smallest absolute Gasteiger partial charge is 0.0400 e. The first-order valence-corrected chi connectivity index (χ1v) is 7.40. The highest BCUT2D eigenvalue weighted by molar-refractivity contribution is 6.12. The van der Waals surface area contributed by atoms with Crippen molar-refractivity contribution in [2.24, 2.45) is 0 Å². The Kier molecular flexibility index (Phi) is 3.11. The summed E-state index contributed by atoms with van der Waals surface area (Å²) in [5, 5.41) is 2.20. The van der Waals surface area contributed by atoms with Crippen molar-refractivity contribution in [2.75, 3.05) is 0 Å². The van der Waals surface area contributed by atoms with Gasteiger partial charge in [0.25, 0.3) is 0 Å². The Bertz CT molecular complexity index is 926. The van der Waals surface area contributed by atoms with E-state index in [4.69, 9.17) is 0 Å². The Labute approximate surface area is 129 Å². The van der Waals surface area contributed by atoms with Crippen molar-refractivity contribution < 1.29 is 0 Å². The van der Waals surface area contributed by atoms with Crippen molar-refractivity contribution in [1.29, 1.82) is 0 Å². The molecule has 0 spiro atoms. The van der Waals surface area contributed by atoms with Gasteiger partial charge in [-0.05, 0) is 23.3 Å². The van der Waals surface area contributed by atoms with Gasteiger partial charge in [-0.3, -0.25) is 0 Å². The Morgan fingerprint density at radius 3 is 1.18 bits per heavy atom. The molecule has 0 heteroatoms. The highest BCUT2D eigenvalue weighted by Gasteiger charge is 2.11. The second kappa shape index (κ2) is 5.39. The van der Waals surface area contributed by atoms with E-state index in [0.29, 0.717) is 0 Å². The molecule has 22 heavy (non-hydrogen) atoms. The summed E-state index contributed by atoms with van der Waals surface area (Å²) in [6.45, 7) is 0. The van der Waals surface area contributed by atoms with Gasteiger partial charge in [0, 0.05) is 21.6 Å². The lowest BCUT2D eigenvalue weighted by Gasteiger charge is -2.11. The third kappa shape index (κ3) is 2.24. The van der Waals surface area contributed by atoms with Crippen LogP contribution < -0.4 is 10.4 Å². The third-order valence-corrected chi connectivity index (χ3v) is 3.82. The van der Waals surface area contributed by atoms with Crippen LogP contribution in [0.5, 0.6) is 0 Å². The Hall–Kier alpha value is -3.04. The minimum absolute atomic E-state index is 1.10. The average molecular weight is 278 g/mol. The van der Waals surface area contributed by atoms with E-state index in [9.17, 15) is 0 Å². The normalized spacial score (nSPS) is 12.4. The standard InChI is InChI=1S/C22H14/c1-3-9-17(10-4-1)21-15-19-13-7-8-14-20(19)16-22(21)18-11-5-2-6-12-18/h1-14H. The quantitative estimate of drug-likeness (QED) is 0.671. The molecule has 0 aromatic heterocycles. The van der Waals surface area contributed by atoms with Crippen LogP contribution in [0, 0.1) is 0 Å². The molecule has 0 aliphatic heterocycles. The van der Waals surface area contributed by atoms with Crippen LogP contribution in [0.1, 0.15) is 11.1 Å². The molecule has 0 N–H and O–H groups in total. The molecule has 4 rings (SSSR count). The van der Waals surface area contributed by atoms with Crippen LogP contribution in [0.25, 0.3) is 22.6 Å².